The second kappa shape index (κ2) is 12.2. The van der Waals surface area contributed by atoms with Crippen LogP contribution in [0.2, 0.25) is 0 Å². The first kappa shape index (κ1) is 26.7. The first-order chi connectivity index (χ1) is 16.7. The van der Waals surface area contributed by atoms with Crippen LogP contribution < -0.4 is 5.32 Å². The van der Waals surface area contributed by atoms with Gasteiger partial charge >= 0.3 is 13.2 Å². The van der Waals surface area contributed by atoms with Crippen LogP contribution in [0.1, 0.15) is 45.1 Å². The maximum absolute atomic E-state index is 13.2. The van der Waals surface area contributed by atoms with Gasteiger partial charge in [-0.1, -0.05) is 30.3 Å². The third-order valence-corrected chi connectivity index (χ3v) is 6.78. The van der Waals surface area contributed by atoms with Crippen LogP contribution in [0.3, 0.4) is 0 Å². The van der Waals surface area contributed by atoms with Crippen LogP contribution in [0.25, 0.3) is 0 Å². The first-order valence-corrected chi connectivity index (χ1v) is 12.2. The Labute approximate surface area is 207 Å². The molecule has 188 valence electrons. The minimum Gasteiger partial charge on any atom is -0.447 e. The summed E-state index contributed by atoms with van der Waals surface area (Å²) in [6, 6.07) is 10.9. The topological polar surface area (TPSA) is 126 Å². The van der Waals surface area contributed by atoms with Crippen molar-refractivity contribution in [2.75, 3.05) is 26.2 Å². The molecule has 0 aliphatic carbocycles. The van der Waals surface area contributed by atoms with Crippen molar-refractivity contribution in [1.29, 1.82) is 5.26 Å². The lowest BCUT2D eigenvalue weighted by atomic mass is 9.76. The number of amides is 2. The molecule has 2 aliphatic heterocycles. The summed E-state index contributed by atoms with van der Waals surface area (Å²) in [5, 5.41) is 31.5. The number of likely N-dealkylation sites (tertiary alicyclic amines) is 2. The average Bonchev–Trinajstić information content (AvgIpc) is 3.54. The molecular weight excluding hydrogens is 447 g/mol. The van der Waals surface area contributed by atoms with E-state index in [0.29, 0.717) is 13.0 Å². The fraction of sp³-hybridized carbons (Fsp3) is 0.560. The van der Waals surface area contributed by atoms with E-state index in [1.54, 1.807) is 11.0 Å². The molecule has 3 N–H and O–H groups in total. The van der Waals surface area contributed by atoms with E-state index in [1.165, 1.54) is 0 Å². The molecule has 2 amide bonds. The Hall–Kier alpha value is -2.87. The molecule has 35 heavy (non-hydrogen) atoms. The zero-order chi connectivity index (χ0) is 25.4. The van der Waals surface area contributed by atoms with E-state index >= 15 is 0 Å². The van der Waals surface area contributed by atoms with Crippen molar-refractivity contribution in [3.05, 3.63) is 47.5 Å². The van der Waals surface area contributed by atoms with Gasteiger partial charge in [0.25, 0.3) is 5.91 Å². The Morgan fingerprint density at radius 2 is 1.91 bits per heavy atom. The fourth-order valence-electron chi connectivity index (χ4n) is 4.77. The van der Waals surface area contributed by atoms with Crippen LogP contribution in [0.5, 0.6) is 0 Å². The third-order valence-electron chi connectivity index (χ3n) is 6.78. The summed E-state index contributed by atoms with van der Waals surface area (Å²) in [5.41, 5.74) is 0.539. The Morgan fingerprint density at radius 3 is 2.54 bits per heavy atom. The number of benzene rings is 1. The molecular formula is C25H35BN4O5. The molecule has 2 heterocycles. The monoisotopic (exact) mass is 482 g/mol. The SMILES string of the molecule is CC(C)(C=C(C#N)C(=O)N1CCCC1COC(=O)N[C@@H](Cc1ccccc1)B(O)O)N1CCCC1. The van der Waals surface area contributed by atoms with E-state index in [-0.39, 0.29) is 30.5 Å². The lowest BCUT2D eigenvalue weighted by molar-refractivity contribution is -0.128. The number of alkyl carbamates (subject to hydrolysis) is 1. The smallest absolute Gasteiger partial charge is 0.447 e. The zero-order valence-electron chi connectivity index (χ0n) is 20.5. The highest BCUT2D eigenvalue weighted by Gasteiger charge is 2.35. The molecule has 9 nitrogen and oxygen atoms in total. The highest BCUT2D eigenvalue weighted by molar-refractivity contribution is 6.43. The normalized spacial score (nSPS) is 19.8. The summed E-state index contributed by atoms with van der Waals surface area (Å²) >= 11 is 0. The average molecular weight is 482 g/mol. The number of nitrogens with one attached hydrogen (secondary N) is 1. The number of carbonyl (C=O) groups excluding carboxylic acids is 2. The van der Waals surface area contributed by atoms with Gasteiger partial charge in [-0.05, 0) is 70.7 Å². The highest BCUT2D eigenvalue weighted by Crippen LogP contribution is 2.26. The molecule has 2 fully saturated rings. The second-order valence-electron chi connectivity index (χ2n) is 9.76. The van der Waals surface area contributed by atoms with Crippen molar-refractivity contribution in [1.82, 2.24) is 15.1 Å². The summed E-state index contributed by atoms with van der Waals surface area (Å²) in [4.78, 5) is 29.4. The summed E-state index contributed by atoms with van der Waals surface area (Å²) < 4.78 is 5.34. The van der Waals surface area contributed by atoms with Gasteiger partial charge in [0, 0.05) is 12.1 Å². The van der Waals surface area contributed by atoms with E-state index in [1.807, 2.05) is 44.2 Å². The number of hydrogen-bond donors (Lipinski definition) is 3. The molecule has 3 rings (SSSR count). The largest absolute Gasteiger partial charge is 0.475 e. The van der Waals surface area contributed by atoms with Crippen LogP contribution in [-0.4, -0.2) is 82.7 Å². The summed E-state index contributed by atoms with van der Waals surface area (Å²) in [6.45, 7) is 6.37. The van der Waals surface area contributed by atoms with Crippen LogP contribution in [-0.2, 0) is 16.0 Å². The zero-order valence-corrected chi connectivity index (χ0v) is 20.5. The number of nitrogens with zero attached hydrogens (tertiary/aromatic N) is 3. The van der Waals surface area contributed by atoms with Gasteiger partial charge in [0.15, 0.2) is 0 Å². The van der Waals surface area contributed by atoms with Crippen molar-refractivity contribution in [2.45, 2.75) is 63.5 Å². The molecule has 0 aromatic heterocycles. The van der Waals surface area contributed by atoms with Crippen LogP contribution in [0.4, 0.5) is 4.79 Å². The maximum Gasteiger partial charge on any atom is 0.475 e. The Balaban J connectivity index is 1.58. The Kier molecular flexibility index (Phi) is 9.32. The van der Waals surface area contributed by atoms with Gasteiger partial charge in [0.05, 0.1) is 12.0 Å². The summed E-state index contributed by atoms with van der Waals surface area (Å²) in [5.74, 6) is -1.29. The minimum atomic E-state index is -1.76. The molecule has 0 radical (unpaired) electrons. The fourth-order valence-corrected chi connectivity index (χ4v) is 4.77. The number of carbonyl (C=O) groups is 2. The maximum atomic E-state index is 13.2. The lowest BCUT2D eigenvalue weighted by Gasteiger charge is -2.33. The van der Waals surface area contributed by atoms with E-state index in [2.05, 4.69) is 16.3 Å². The van der Waals surface area contributed by atoms with E-state index in [4.69, 9.17) is 4.74 Å². The molecule has 2 saturated heterocycles. The molecule has 1 unspecified atom stereocenters. The molecule has 0 saturated carbocycles. The number of hydrogen-bond acceptors (Lipinski definition) is 7. The predicted molar refractivity (Wildman–Crippen MR) is 132 cm³/mol. The number of ether oxygens (including phenoxy) is 1. The summed E-state index contributed by atoms with van der Waals surface area (Å²) in [7, 11) is -1.76. The minimum absolute atomic E-state index is 0.0363. The Morgan fingerprint density at radius 1 is 1.23 bits per heavy atom. The standard InChI is InChI=1S/C25H35BN4O5/c1-25(2,29-12-6-7-13-29)16-20(17-27)23(31)30-14-8-11-21(30)18-35-24(32)28-22(26(33)34)15-19-9-4-3-5-10-19/h3-5,9-10,16,21-22,33-34H,6-8,11-15,18H2,1-2H3,(H,28,32)/t21?,22-/m0/s1. The molecule has 0 bridgehead atoms. The Bertz CT molecular complexity index is 941. The van der Waals surface area contributed by atoms with Crippen LogP contribution in [0.15, 0.2) is 42.0 Å². The van der Waals surface area contributed by atoms with Gasteiger partial charge in [-0.3, -0.25) is 9.69 Å². The molecule has 0 spiro atoms. The van der Waals surface area contributed by atoms with Gasteiger partial charge in [0.1, 0.15) is 18.2 Å². The first-order valence-electron chi connectivity index (χ1n) is 12.2. The van der Waals surface area contributed by atoms with Crippen molar-refractivity contribution < 1.29 is 24.4 Å². The van der Waals surface area contributed by atoms with E-state index < -0.39 is 24.7 Å². The van der Waals surface area contributed by atoms with Gasteiger partial charge in [-0.15, -0.1) is 0 Å². The van der Waals surface area contributed by atoms with Crippen LogP contribution in [0, 0.1) is 11.3 Å². The van der Waals surface area contributed by atoms with E-state index in [9.17, 15) is 24.9 Å². The highest BCUT2D eigenvalue weighted by atomic mass is 16.5. The second-order valence-corrected chi connectivity index (χ2v) is 9.76. The van der Waals surface area contributed by atoms with Crippen molar-refractivity contribution in [3.63, 3.8) is 0 Å². The molecule has 1 aromatic rings. The van der Waals surface area contributed by atoms with Crippen molar-refractivity contribution >= 4 is 19.1 Å². The van der Waals surface area contributed by atoms with Gasteiger partial charge < -0.3 is 25.0 Å². The molecule has 2 atom stereocenters. The van der Waals surface area contributed by atoms with Gasteiger partial charge in [0.2, 0.25) is 0 Å². The number of rotatable bonds is 9. The van der Waals surface area contributed by atoms with Crippen molar-refractivity contribution in [3.8, 4) is 6.07 Å². The molecule has 1 aromatic carbocycles. The van der Waals surface area contributed by atoms with Crippen molar-refractivity contribution in [2.24, 2.45) is 0 Å². The lowest BCUT2D eigenvalue weighted by Crippen LogP contribution is -2.49. The molecule has 10 heteroatoms. The quantitative estimate of drug-likeness (QED) is 0.278. The van der Waals surface area contributed by atoms with E-state index in [0.717, 1.165) is 37.9 Å². The van der Waals surface area contributed by atoms with Crippen LogP contribution >= 0.6 is 0 Å². The number of nitriles is 1. The predicted octanol–water partition coefficient (Wildman–Crippen LogP) is 1.65. The third kappa shape index (κ3) is 7.31. The summed E-state index contributed by atoms with van der Waals surface area (Å²) in [6.07, 6.45) is 4.82. The van der Waals surface area contributed by atoms with Gasteiger partial charge in [-0.25, -0.2) is 4.79 Å². The van der Waals surface area contributed by atoms with Gasteiger partial charge in [-0.2, -0.15) is 5.26 Å². The molecule has 2 aliphatic rings.